The molecule has 0 aliphatic rings. The first-order chi connectivity index (χ1) is 9.44. The first-order valence-corrected chi connectivity index (χ1v) is 7.39. The molecule has 1 atom stereocenters. The van der Waals surface area contributed by atoms with E-state index in [1.165, 1.54) is 12.3 Å². The minimum absolute atomic E-state index is 0.0446. The second kappa shape index (κ2) is 5.69. The Labute approximate surface area is 120 Å². The summed E-state index contributed by atoms with van der Waals surface area (Å²) in [5.41, 5.74) is 0. The van der Waals surface area contributed by atoms with Gasteiger partial charge in [-0.25, -0.2) is 18.1 Å². The van der Waals surface area contributed by atoms with Gasteiger partial charge in [0.1, 0.15) is 10.7 Å². The molecule has 0 radical (unpaired) electrons. The molecule has 2 heterocycles. The molecule has 20 heavy (non-hydrogen) atoms. The highest BCUT2D eigenvalue weighted by Gasteiger charge is 2.22. The number of nitrogens with one attached hydrogen (secondary N) is 3. The van der Waals surface area contributed by atoms with E-state index in [0.717, 1.165) is 0 Å². The van der Waals surface area contributed by atoms with Crippen molar-refractivity contribution < 1.29 is 8.42 Å². The average Bonchev–Trinajstić information content (AvgIpc) is 2.92. The van der Waals surface area contributed by atoms with Crippen LogP contribution < -0.4 is 10.0 Å². The highest BCUT2D eigenvalue weighted by molar-refractivity contribution is 7.89. The quantitative estimate of drug-likeness (QED) is 0.725. The topological polar surface area (TPSA) is 126 Å². The zero-order valence-corrected chi connectivity index (χ0v) is 12.2. The van der Waals surface area contributed by atoms with Gasteiger partial charge in [0, 0.05) is 13.2 Å². The highest BCUT2D eigenvalue weighted by Crippen LogP contribution is 2.22. The molecule has 0 aromatic carbocycles. The fraction of sp³-hybridized carbons (Fsp3) is 0.333. The number of hydrogen-bond donors (Lipinski definition) is 3. The molecule has 0 amide bonds. The van der Waals surface area contributed by atoms with Crippen LogP contribution in [-0.4, -0.2) is 41.1 Å². The van der Waals surface area contributed by atoms with Crippen molar-refractivity contribution in [1.82, 2.24) is 30.3 Å². The molecule has 2 aromatic rings. The summed E-state index contributed by atoms with van der Waals surface area (Å²) in [5.74, 6) is 0.635. The number of sulfonamides is 1. The van der Waals surface area contributed by atoms with E-state index in [9.17, 15) is 8.42 Å². The van der Waals surface area contributed by atoms with E-state index in [-0.39, 0.29) is 15.7 Å². The molecule has 1 unspecified atom stereocenters. The first kappa shape index (κ1) is 14.6. The van der Waals surface area contributed by atoms with Gasteiger partial charge in [-0.1, -0.05) is 16.8 Å². The van der Waals surface area contributed by atoms with Gasteiger partial charge in [0.2, 0.25) is 10.0 Å². The van der Waals surface area contributed by atoms with Crippen molar-refractivity contribution in [3.8, 4) is 0 Å². The van der Waals surface area contributed by atoms with Crippen molar-refractivity contribution >= 4 is 27.4 Å². The molecule has 108 valence electrons. The Bertz CT molecular complexity index is 688. The van der Waals surface area contributed by atoms with Crippen molar-refractivity contribution in [1.29, 1.82) is 0 Å². The second-order valence-corrected chi connectivity index (χ2v) is 5.99. The van der Waals surface area contributed by atoms with Gasteiger partial charge in [-0.15, -0.1) is 10.2 Å². The monoisotopic (exact) mass is 317 g/mol. The van der Waals surface area contributed by atoms with E-state index in [1.54, 1.807) is 14.0 Å². The van der Waals surface area contributed by atoms with Gasteiger partial charge >= 0.3 is 0 Å². The Morgan fingerprint density at radius 3 is 2.75 bits per heavy atom. The van der Waals surface area contributed by atoms with Gasteiger partial charge in [0.25, 0.3) is 0 Å². The van der Waals surface area contributed by atoms with Crippen LogP contribution in [0.25, 0.3) is 0 Å². The molecule has 0 fully saturated rings. The first-order valence-electron chi connectivity index (χ1n) is 5.53. The SMILES string of the molecule is CNc1ncc(S(=O)(=O)NC(C)c2nn[nH]n2)cc1Cl. The van der Waals surface area contributed by atoms with Crippen LogP contribution in [0.3, 0.4) is 0 Å². The van der Waals surface area contributed by atoms with Crippen LogP contribution in [0.2, 0.25) is 5.02 Å². The summed E-state index contributed by atoms with van der Waals surface area (Å²) in [6.07, 6.45) is 1.21. The molecule has 0 spiro atoms. The molecule has 2 rings (SSSR count). The summed E-state index contributed by atoms with van der Waals surface area (Å²) >= 11 is 5.91. The minimum Gasteiger partial charge on any atom is -0.372 e. The van der Waals surface area contributed by atoms with E-state index >= 15 is 0 Å². The van der Waals surface area contributed by atoms with Gasteiger partial charge in [0.05, 0.1) is 11.1 Å². The summed E-state index contributed by atoms with van der Waals surface area (Å²) in [6, 6.07) is 0.674. The molecule has 0 aliphatic carbocycles. The number of tetrazole rings is 1. The Hall–Kier alpha value is -1.78. The zero-order valence-electron chi connectivity index (χ0n) is 10.6. The number of aromatic amines is 1. The van der Waals surface area contributed by atoms with Crippen molar-refractivity contribution in [2.75, 3.05) is 12.4 Å². The lowest BCUT2D eigenvalue weighted by atomic mass is 10.4. The number of anilines is 1. The minimum atomic E-state index is -3.78. The second-order valence-electron chi connectivity index (χ2n) is 3.86. The third-order valence-electron chi connectivity index (χ3n) is 2.44. The van der Waals surface area contributed by atoms with Gasteiger partial charge in [-0.05, 0) is 13.0 Å². The van der Waals surface area contributed by atoms with Crippen molar-refractivity contribution in [2.24, 2.45) is 0 Å². The van der Waals surface area contributed by atoms with Crippen LogP contribution in [0.15, 0.2) is 17.2 Å². The smallest absolute Gasteiger partial charge is 0.242 e. The largest absolute Gasteiger partial charge is 0.372 e. The number of H-pyrrole nitrogens is 1. The number of halogens is 1. The Kier molecular flexibility index (Phi) is 4.16. The fourth-order valence-corrected chi connectivity index (χ4v) is 2.95. The lowest BCUT2D eigenvalue weighted by molar-refractivity contribution is 0.559. The Morgan fingerprint density at radius 1 is 1.45 bits per heavy atom. The summed E-state index contributed by atoms with van der Waals surface area (Å²) < 4.78 is 26.8. The predicted molar refractivity (Wildman–Crippen MR) is 71.7 cm³/mol. The number of aromatic nitrogens is 5. The third kappa shape index (κ3) is 3.03. The van der Waals surface area contributed by atoms with Crippen molar-refractivity contribution in [3.63, 3.8) is 0 Å². The Balaban J connectivity index is 2.24. The molecule has 0 bridgehead atoms. The zero-order chi connectivity index (χ0) is 14.8. The summed E-state index contributed by atoms with van der Waals surface area (Å²) in [4.78, 5) is 3.88. The molecule has 2 aromatic heterocycles. The molecule has 3 N–H and O–H groups in total. The van der Waals surface area contributed by atoms with Crippen molar-refractivity contribution in [2.45, 2.75) is 17.9 Å². The predicted octanol–water partition coefficient (Wildman–Crippen LogP) is 0.329. The average molecular weight is 318 g/mol. The van der Waals surface area contributed by atoms with E-state index in [4.69, 9.17) is 11.6 Å². The molecule has 11 heteroatoms. The van der Waals surface area contributed by atoms with E-state index in [2.05, 4.69) is 35.6 Å². The maximum Gasteiger partial charge on any atom is 0.242 e. The van der Waals surface area contributed by atoms with Gasteiger partial charge < -0.3 is 5.32 Å². The van der Waals surface area contributed by atoms with E-state index in [0.29, 0.717) is 5.82 Å². The molecule has 9 nitrogen and oxygen atoms in total. The van der Waals surface area contributed by atoms with Gasteiger partial charge in [-0.2, -0.15) is 5.21 Å². The molecule has 0 saturated heterocycles. The van der Waals surface area contributed by atoms with Crippen LogP contribution in [-0.2, 0) is 10.0 Å². The maximum absolute atomic E-state index is 12.2. The van der Waals surface area contributed by atoms with Crippen LogP contribution >= 0.6 is 11.6 Å². The third-order valence-corrected chi connectivity index (χ3v) is 4.24. The standard InChI is InChI=1S/C9H12ClN7O2S/c1-5(8-13-16-17-14-8)15-20(18,19)6-3-7(10)9(11-2)12-4-6/h3-5,15H,1-2H3,(H,11,12)(H,13,14,16,17). The lowest BCUT2D eigenvalue weighted by Crippen LogP contribution is -2.27. The number of nitrogens with zero attached hydrogens (tertiary/aromatic N) is 4. The number of pyridine rings is 1. The van der Waals surface area contributed by atoms with Gasteiger partial charge in [-0.3, -0.25) is 0 Å². The molecular formula is C9H12ClN7O2S. The van der Waals surface area contributed by atoms with Crippen LogP contribution in [0.5, 0.6) is 0 Å². The summed E-state index contributed by atoms with van der Waals surface area (Å²) in [6.45, 7) is 1.60. The molecule has 0 saturated carbocycles. The van der Waals surface area contributed by atoms with E-state index < -0.39 is 16.1 Å². The summed E-state index contributed by atoms with van der Waals surface area (Å²) in [7, 11) is -2.14. The number of rotatable bonds is 5. The Morgan fingerprint density at radius 2 is 2.20 bits per heavy atom. The summed E-state index contributed by atoms with van der Waals surface area (Å²) in [5, 5.41) is 16.0. The van der Waals surface area contributed by atoms with Crippen molar-refractivity contribution in [3.05, 3.63) is 23.1 Å². The maximum atomic E-state index is 12.2. The van der Waals surface area contributed by atoms with Crippen LogP contribution in [0.1, 0.15) is 18.8 Å². The highest BCUT2D eigenvalue weighted by atomic mass is 35.5. The fourth-order valence-electron chi connectivity index (χ4n) is 1.46. The molecular weight excluding hydrogens is 306 g/mol. The number of hydrogen-bond acceptors (Lipinski definition) is 7. The van der Waals surface area contributed by atoms with E-state index in [1.807, 2.05) is 0 Å². The molecule has 0 aliphatic heterocycles. The normalized spacial score (nSPS) is 13.2. The van der Waals surface area contributed by atoms with Crippen LogP contribution in [0, 0.1) is 0 Å². The van der Waals surface area contributed by atoms with Crippen LogP contribution in [0.4, 0.5) is 5.82 Å². The lowest BCUT2D eigenvalue weighted by Gasteiger charge is -2.11. The van der Waals surface area contributed by atoms with Gasteiger partial charge in [0.15, 0.2) is 5.82 Å².